The Kier molecular flexibility index (Phi) is 13.6. The van der Waals surface area contributed by atoms with Crippen molar-refractivity contribution in [2.45, 2.75) is 55.4 Å². The second-order valence-corrected chi connectivity index (χ2v) is 9.03. The van der Waals surface area contributed by atoms with Crippen LogP contribution in [0.1, 0.15) is 61.1 Å². The standard InChI is InChI=1S/C24H25.C7H9.2ClH.Zr/c1-15-7-9-21(18(4)11-15)24(23-14-17(3)13-20(23)6)22-10-8-16(2)12-19(22)5;1-6-3-4-7(2)5-6;;;/h7-13H,1-6H3;3,5,7H,1-2H3;2*1H;/q2*-1;;;+4/p-2. The van der Waals surface area contributed by atoms with Crippen LogP contribution in [0.4, 0.5) is 0 Å². The Labute approximate surface area is 239 Å². The maximum Gasteiger partial charge on any atom is 4.00 e. The van der Waals surface area contributed by atoms with Gasteiger partial charge in [0.15, 0.2) is 0 Å². The second-order valence-electron chi connectivity index (χ2n) is 9.03. The first-order valence-corrected chi connectivity index (χ1v) is 11.1. The van der Waals surface area contributed by atoms with Gasteiger partial charge in [-0.2, -0.15) is 17.7 Å². The molecule has 0 saturated heterocycles. The molecule has 1 atom stereocenters. The molecule has 4 rings (SSSR count). The summed E-state index contributed by atoms with van der Waals surface area (Å²) in [6.45, 7) is 17.2. The van der Waals surface area contributed by atoms with Crippen LogP contribution in [0, 0.1) is 45.8 Å². The molecule has 0 aromatic heterocycles. The van der Waals surface area contributed by atoms with Crippen molar-refractivity contribution in [1.82, 2.24) is 0 Å². The summed E-state index contributed by atoms with van der Waals surface area (Å²) in [7, 11) is 0. The van der Waals surface area contributed by atoms with Crippen molar-refractivity contribution in [3.05, 3.63) is 122 Å². The van der Waals surface area contributed by atoms with Crippen LogP contribution < -0.4 is 24.8 Å². The van der Waals surface area contributed by atoms with Crippen LogP contribution in [-0.4, -0.2) is 0 Å². The number of halogens is 2. The van der Waals surface area contributed by atoms with Gasteiger partial charge >= 0.3 is 26.2 Å². The van der Waals surface area contributed by atoms with E-state index in [9.17, 15) is 0 Å². The molecule has 2 aliphatic rings. The van der Waals surface area contributed by atoms with E-state index in [4.69, 9.17) is 0 Å². The molecule has 2 aromatic carbocycles. The first-order chi connectivity index (χ1) is 14.7. The summed E-state index contributed by atoms with van der Waals surface area (Å²) in [5.74, 6) is 0.556. The molecule has 0 heterocycles. The molecule has 0 saturated carbocycles. The van der Waals surface area contributed by atoms with E-state index >= 15 is 0 Å². The van der Waals surface area contributed by atoms with Gasteiger partial charge in [-0.3, -0.25) is 6.08 Å². The van der Waals surface area contributed by atoms with Gasteiger partial charge in [-0.05, 0) is 27.7 Å². The van der Waals surface area contributed by atoms with Crippen LogP contribution in [0.3, 0.4) is 0 Å². The van der Waals surface area contributed by atoms with E-state index in [0.717, 1.165) is 0 Å². The normalized spacial score (nSPS) is 15.6. The van der Waals surface area contributed by atoms with Crippen LogP contribution in [0.25, 0.3) is 5.57 Å². The monoisotopic (exact) mass is 566 g/mol. The van der Waals surface area contributed by atoms with Crippen LogP contribution in [0.15, 0.2) is 76.9 Å². The van der Waals surface area contributed by atoms with E-state index in [0.29, 0.717) is 5.92 Å². The van der Waals surface area contributed by atoms with Crippen molar-refractivity contribution in [2.75, 3.05) is 0 Å². The minimum absolute atomic E-state index is 0. The van der Waals surface area contributed by atoms with Crippen LogP contribution >= 0.6 is 0 Å². The summed E-state index contributed by atoms with van der Waals surface area (Å²) < 4.78 is 0. The van der Waals surface area contributed by atoms with E-state index in [1.54, 1.807) is 0 Å². The van der Waals surface area contributed by atoms with E-state index in [2.05, 4.69) is 116 Å². The van der Waals surface area contributed by atoms with E-state index in [1.165, 1.54) is 61.2 Å². The average molecular weight is 569 g/mol. The van der Waals surface area contributed by atoms with Gasteiger partial charge in [-0.1, -0.05) is 102 Å². The maximum absolute atomic E-state index is 3.59. The van der Waals surface area contributed by atoms with Gasteiger partial charge in [0, 0.05) is 0 Å². The molecular weight excluding hydrogens is 534 g/mol. The Balaban J connectivity index is 0.000000944. The molecule has 0 spiro atoms. The summed E-state index contributed by atoms with van der Waals surface area (Å²) in [4.78, 5) is 0. The van der Waals surface area contributed by atoms with Gasteiger partial charge in [0.05, 0.1) is 0 Å². The molecule has 0 N–H and O–H groups in total. The zero-order valence-corrected chi connectivity index (χ0v) is 25.5. The molecule has 2 aliphatic carbocycles. The maximum atomic E-state index is 3.59. The van der Waals surface area contributed by atoms with Crippen molar-refractivity contribution >= 4 is 5.57 Å². The zero-order chi connectivity index (χ0) is 22.7. The van der Waals surface area contributed by atoms with Crippen LogP contribution in [0.5, 0.6) is 0 Å². The molecule has 34 heavy (non-hydrogen) atoms. The minimum Gasteiger partial charge on any atom is -1.00 e. The van der Waals surface area contributed by atoms with Crippen molar-refractivity contribution in [3.63, 3.8) is 0 Å². The number of allylic oxidation sites excluding steroid dienone is 9. The number of hydrogen-bond acceptors (Lipinski definition) is 0. The quantitative estimate of drug-likeness (QED) is 0.489. The fourth-order valence-corrected chi connectivity index (χ4v) is 4.34. The first kappa shape index (κ1) is 32.6. The smallest absolute Gasteiger partial charge is 1.00 e. The molecule has 3 heteroatoms. The summed E-state index contributed by atoms with van der Waals surface area (Å²) in [5.41, 5.74) is 14.2. The van der Waals surface area contributed by atoms with E-state index in [-0.39, 0.29) is 51.0 Å². The van der Waals surface area contributed by atoms with Crippen molar-refractivity contribution in [3.8, 4) is 0 Å². The van der Waals surface area contributed by atoms with Crippen LogP contribution in [0.2, 0.25) is 0 Å². The molecule has 0 nitrogen and oxygen atoms in total. The summed E-state index contributed by atoms with van der Waals surface area (Å²) in [6, 6.07) is 13.5. The molecule has 176 valence electrons. The summed E-state index contributed by atoms with van der Waals surface area (Å²) in [5, 5.41) is 0. The van der Waals surface area contributed by atoms with Gasteiger partial charge in [0.1, 0.15) is 0 Å². The molecule has 1 unspecified atom stereocenters. The minimum atomic E-state index is 0. The third kappa shape index (κ3) is 8.08. The summed E-state index contributed by atoms with van der Waals surface area (Å²) >= 11 is 0. The van der Waals surface area contributed by atoms with Crippen LogP contribution in [-0.2, 0) is 26.2 Å². The van der Waals surface area contributed by atoms with Gasteiger partial charge in [-0.25, -0.2) is 11.6 Å². The number of hydrogen-bond donors (Lipinski definition) is 0. The Morgan fingerprint density at radius 3 is 1.56 bits per heavy atom. The molecule has 0 bridgehead atoms. The molecule has 2 aromatic rings. The number of benzene rings is 2. The molecular formula is C31H34Cl2Zr. The Morgan fingerprint density at radius 2 is 1.26 bits per heavy atom. The van der Waals surface area contributed by atoms with Crippen molar-refractivity contribution < 1.29 is 51.0 Å². The second kappa shape index (κ2) is 14.2. The third-order valence-corrected chi connectivity index (χ3v) is 5.79. The number of rotatable bonds is 2. The average Bonchev–Trinajstić information content (AvgIpc) is 3.22. The predicted octanol–water partition coefficient (Wildman–Crippen LogP) is 2.38. The SMILES string of the molecule is CC1=CC(C)[C-]=C1.CC1=[C-]C(=C(c2ccc(C)cc2C)c2ccc(C)cc2C)C(C)=C1.[Cl-].[Cl-].[Zr+4]. The van der Waals surface area contributed by atoms with E-state index in [1.807, 2.05) is 6.08 Å². The van der Waals surface area contributed by atoms with Crippen molar-refractivity contribution in [2.24, 2.45) is 5.92 Å². The molecule has 0 fully saturated rings. The van der Waals surface area contributed by atoms with Gasteiger partial charge in [-0.15, -0.1) is 24.1 Å². The zero-order valence-electron chi connectivity index (χ0n) is 21.5. The predicted molar refractivity (Wildman–Crippen MR) is 135 cm³/mol. The molecule has 0 amide bonds. The Bertz CT molecular complexity index is 1110. The Hall–Kier alpha value is -1.40. The number of aryl methyl sites for hydroxylation is 4. The van der Waals surface area contributed by atoms with Gasteiger partial charge < -0.3 is 24.8 Å². The summed E-state index contributed by atoms with van der Waals surface area (Å²) in [6.07, 6.45) is 13.2. The molecule has 0 radical (unpaired) electrons. The molecule has 0 aliphatic heterocycles. The first-order valence-electron chi connectivity index (χ1n) is 11.1. The topological polar surface area (TPSA) is 0 Å². The van der Waals surface area contributed by atoms with Crippen molar-refractivity contribution in [1.29, 1.82) is 0 Å². The van der Waals surface area contributed by atoms with Gasteiger partial charge in [0.2, 0.25) is 0 Å². The van der Waals surface area contributed by atoms with E-state index < -0.39 is 0 Å². The largest absolute Gasteiger partial charge is 4.00 e. The fraction of sp³-hybridized carbons (Fsp3) is 0.290. The fourth-order valence-electron chi connectivity index (χ4n) is 4.34. The third-order valence-electron chi connectivity index (χ3n) is 5.79. The van der Waals surface area contributed by atoms with Gasteiger partial charge in [0.25, 0.3) is 0 Å². The Morgan fingerprint density at radius 1 is 0.765 bits per heavy atom.